The van der Waals surface area contributed by atoms with E-state index in [1.54, 1.807) is 0 Å². The molecule has 0 unspecified atom stereocenters. The Morgan fingerprint density at radius 2 is 2.50 bits per heavy atom. The van der Waals surface area contributed by atoms with Crippen LogP contribution in [0.4, 0.5) is 4.39 Å². The van der Waals surface area contributed by atoms with Crippen LogP contribution in [0.3, 0.4) is 0 Å². The van der Waals surface area contributed by atoms with Gasteiger partial charge in [0.05, 0.1) is 6.54 Å². The minimum atomic E-state index is -0.509. The summed E-state index contributed by atoms with van der Waals surface area (Å²) in [5, 5.41) is 2.00. The van der Waals surface area contributed by atoms with Crippen molar-refractivity contribution in [1.82, 2.24) is 0 Å². The highest BCUT2D eigenvalue weighted by atomic mass is 19.1. The summed E-state index contributed by atoms with van der Waals surface area (Å²) in [5.74, 6) is 0. The highest BCUT2D eigenvalue weighted by Crippen LogP contribution is 1.93. The third kappa shape index (κ3) is 0.684. The molecule has 1 rings (SSSR count). The molecule has 1 atom stereocenters. The van der Waals surface area contributed by atoms with E-state index in [0.717, 1.165) is 13.0 Å². The van der Waals surface area contributed by atoms with Gasteiger partial charge in [-0.15, -0.1) is 0 Å². The Morgan fingerprint density at radius 3 is 2.67 bits per heavy atom. The fourth-order valence-electron chi connectivity index (χ4n) is 0.715. The minimum Gasteiger partial charge on any atom is -0.344 e. The zero-order chi connectivity index (χ0) is 4.41. The van der Waals surface area contributed by atoms with Crippen molar-refractivity contribution in [2.24, 2.45) is 0 Å². The number of rotatable bonds is 0. The van der Waals surface area contributed by atoms with Gasteiger partial charge in [-0.1, -0.05) is 0 Å². The van der Waals surface area contributed by atoms with Gasteiger partial charge in [0.15, 0.2) is 6.17 Å². The van der Waals surface area contributed by atoms with E-state index in [9.17, 15) is 4.39 Å². The first-order valence-electron chi connectivity index (χ1n) is 2.35. The first kappa shape index (κ1) is 4.06. The van der Waals surface area contributed by atoms with Crippen molar-refractivity contribution in [3.05, 3.63) is 0 Å². The molecular formula is C4H9FN+. The summed E-state index contributed by atoms with van der Waals surface area (Å²) < 4.78 is 11.9. The molecule has 1 saturated heterocycles. The maximum atomic E-state index is 11.9. The summed E-state index contributed by atoms with van der Waals surface area (Å²) in [6, 6.07) is 0. The number of alkyl halides is 1. The normalized spacial score (nSPS) is 34.5. The number of nitrogens with two attached hydrogens (primary N) is 1. The summed E-state index contributed by atoms with van der Waals surface area (Å²) in [6.45, 7) is 1.68. The van der Waals surface area contributed by atoms with Crippen molar-refractivity contribution in [2.45, 2.75) is 12.6 Å². The van der Waals surface area contributed by atoms with E-state index >= 15 is 0 Å². The van der Waals surface area contributed by atoms with E-state index < -0.39 is 6.17 Å². The van der Waals surface area contributed by atoms with Crippen LogP contribution in [0.1, 0.15) is 6.42 Å². The molecule has 0 spiro atoms. The van der Waals surface area contributed by atoms with Crippen LogP contribution >= 0.6 is 0 Å². The second kappa shape index (κ2) is 1.56. The largest absolute Gasteiger partial charge is 0.344 e. The van der Waals surface area contributed by atoms with Crippen molar-refractivity contribution < 1.29 is 9.71 Å². The Bertz CT molecular complexity index is 40.8. The molecule has 2 N–H and O–H groups in total. The van der Waals surface area contributed by atoms with Crippen LogP contribution in [0.25, 0.3) is 0 Å². The van der Waals surface area contributed by atoms with Gasteiger partial charge in [0, 0.05) is 6.42 Å². The maximum absolute atomic E-state index is 11.9. The number of hydrogen-bond donors (Lipinski definition) is 1. The Hall–Kier alpha value is -0.110. The maximum Gasteiger partial charge on any atom is 0.154 e. The molecule has 6 heavy (non-hydrogen) atoms. The SMILES string of the molecule is F[C@@H]1CC[NH2+]C1. The van der Waals surface area contributed by atoms with Crippen LogP contribution in [0.2, 0.25) is 0 Å². The predicted octanol–water partition coefficient (Wildman–Crippen LogP) is -0.708. The monoisotopic (exact) mass is 90.1 g/mol. The van der Waals surface area contributed by atoms with Crippen LogP contribution in [0.15, 0.2) is 0 Å². The highest BCUT2D eigenvalue weighted by Gasteiger charge is 2.14. The van der Waals surface area contributed by atoms with Crippen LogP contribution in [0, 0.1) is 0 Å². The molecule has 1 aliphatic rings. The van der Waals surface area contributed by atoms with Crippen LogP contribution in [-0.2, 0) is 0 Å². The summed E-state index contributed by atoms with van der Waals surface area (Å²) in [4.78, 5) is 0. The van der Waals surface area contributed by atoms with E-state index in [2.05, 4.69) is 0 Å². The molecule has 0 aromatic carbocycles. The van der Waals surface area contributed by atoms with Crippen molar-refractivity contribution in [3.8, 4) is 0 Å². The van der Waals surface area contributed by atoms with Gasteiger partial charge in [-0.05, 0) is 0 Å². The molecule has 0 bridgehead atoms. The molecule has 0 amide bonds. The molecule has 0 aromatic heterocycles. The van der Waals surface area contributed by atoms with Gasteiger partial charge in [0.2, 0.25) is 0 Å². The summed E-state index contributed by atoms with van der Waals surface area (Å²) in [6.07, 6.45) is 0.255. The zero-order valence-corrected chi connectivity index (χ0v) is 3.65. The lowest BCUT2D eigenvalue weighted by Crippen LogP contribution is -2.81. The summed E-state index contributed by atoms with van der Waals surface area (Å²) in [7, 11) is 0. The quantitative estimate of drug-likeness (QED) is 0.405. The fourth-order valence-corrected chi connectivity index (χ4v) is 0.715. The molecular weight excluding hydrogens is 81.0 g/mol. The van der Waals surface area contributed by atoms with Gasteiger partial charge < -0.3 is 5.32 Å². The lowest BCUT2D eigenvalue weighted by molar-refractivity contribution is -0.637. The Kier molecular flexibility index (Phi) is 1.05. The first-order chi connectivity index (χ1) is 2.89. The standard InChI is InChI=1S/C4H8FN/c5-4-1-2-6-3-4/h4,6H,1-3H2/p+1/t4-/m1/s1. The van der Waals surface area contributed by atoms with Gasteiger partial charge >= 0.3 is 0 Å². The lowest BCUT2D eigenvalue weighted by Gasteiger charge is -1.82. The highest BCUT2D eigenvalue weighted by molar-refractivity contribution is 4.54. The van der Waals surface area contributed by atoms with Gasteiger partial charge in [-0.25, -0.2) is 4.39 Å². The smallest absolute Gasteiger partial charge is 0.154 e. The zero-order valence-electron chi connectivity index (χ0n) is 3.65. The Labute approximate surface area is 36.5 Å². The van der Waals surface area contributed by atoms with Crippen LogP contribution in [-0.4, -0.2) is 19.3 Å². The fraction of sp³-hybridized carbons (Fsp3) is 1.00. The number of quaternary nitrogens is 1. The average molecular weight is 90.1 g/mol. The molecule has 1 fully saturated rings. The number of halogens is 1. The lowest BCUT2D eigenvalue weighted by atomic mass is 10.4. The Morgan fingerprint density at radius 1 is 1.67 bits per heavy atom. The molecule has 1 aliphatic heterocycles. The number of hydrogen-bond acceptors (Lipinski definition) is 0. The Balaban J connectivity index is 2.18. The van der Waals surface area contributed by atoms with Gasteiger partial charge in [0.1, 0.15) is 6.54 Å². The summed E-state index contributed by atoms with van der Waals surface area (Å²) in [5.41, 5.74) is 0. The van der Waals surface area contributed by atoms with Crippen molar-refractivity contribution in [2.75, 3.05) is 13.1 Å². The van der Waals surface area contributed by atoms with Gasteiger partial charge in [0.25, 0.3) is 0 Å². The van der Waals surface area contributed by atoms with Gasteiger partial charge in [-0.2, -0.15) is 0 Å². The van der Waals surface area contributed by atoms with Crippen molar-refractivity contribution in [3.63, 3.8) is 0 Å². The minimum absolute atomic E-state index is 0.509. The van der Waals surface area contributed by atoms with E-state index in [1.165, 1.54) is 0 Å². The van der Waals surface area contributed by atoms with Gasteiger partial charge in [-0.3, -0.25) is 0 Å². The summed E-state index contributed by atoms with van der Waals surface area (Å²) >= 11 is 0. The predicted molar refractivity (Wildman–Crippen MR) is 21.2 cm³/mol. The molecule has 0 radical (unpaired) electrons. The molecule has 2 heteroatoms. The van der Waals surface area contributed by atoms with Crippen molar-refractivity contribution in [1.29, 1.82) is 0 Å². The average Bonchev–Trinajstić information content (AvgIpc) is 1.86. The second-order valence-electron chi connectivity index (χ2n) is 1.70. The topological polar surface area (TPSA) is 16.6 Å². The van der Waals surface area contributed by atoms with Crippen LogP contribution < -0.4 is 5.32 Å². The molecule has 0 aromatic rings. The first-order valence-corrected chi connectivity index (χ1v) is 2.35. The van der Waals surface area contributed by atoms with Crippen molar-refractivity contribution >= 4 is 0 Å². The third-order valence-corrected chi connectivity index (χ3v) is 1.11. The van der Waals surface area contributed by atoms with E-state index in [4.69, 9.17) is 0 Å². The molecule has 1 heterocycles. The van der Waals surface area contributed by atoms with E-state index in [0.29, 0.717) is 6.54 Å². The second-order valence-corrected chi connectivity index (χ2v) is 1.70. The van der Waals surface area contributed by atoms with E-state index in [1.807, 2.05) is 5.32 Å². The molecule has 1 nitrogen and oxygen atoms in total. The molecule has 0 saturated carbocycles. The third-order valence-electron chi connectivity index (χ3n) is 1.11. The molecule has 36 valence electrons. The van der Waals surface area contributed by atoms with Crippen LogP contribution in [0.5, 0.6) is 0 Å². The van der Waals surface area contributed by atoms with E-state index in [-0.39, 0.29) is 0 Å². The molecule has 0 aliphatic carbocycles.